The number of hydrogen-bond acceptors (Lipinski definition) is 4. The zero-order chi connectivity index (χ0) is 20.1. The van der Waals surface area contributed by atoms with Crippen molar-refractivity contribution in [2.24, 2.45) is 0 Å². The smallest absolute Gasteiger partial charge is 0.410 e. The van der Waals surface area contributed by atoms with Crippen molar-refractivity contribution in [1.29, 1.82) is 0 Å². The normalized spacial score (nSPS) is 15.9. The van der Waals surface area contributed by atoms with Gasteiger partial charge in [0.1, 0.15) is 6.61 Å². The molecule has 1 atom stereocenters. The Morgan fingerprint density at radius 1 is 1.11 bits per heavy atom. The number of esters is 1. The zero-order valence-electron chi connectivity index (χ0n) is 16.7. The molecule has 0 spiro atoms. The monoisotopic (exact) mass is 381 g/mol. The molecule has 0 aromatic heterocycles. The SMILES string of the molecule is COC(=O)CC1c2c(cccc2C(C)C)CCN1C(=O)OCc1ccccc1. The summed E-state index contributed by atoms with van der Waals surface area (Å²) in [6.07, 6.45) is 0.462. The van der Waals surface area contributed by atoms with Crippen LogP contribution >= 0.6 is 0 Å². The molecule has 1 aliphatic heterocycles. The number of rotatable bonds is 5. The van der Waals surface area contributed by atoms with Gasteiger partial charge in [-0.3, -0.25) is 4.79 Å². The second-order valence-corrected chi connectivity index (χ2v) is 7.35. The molecule has 28 heavy (non-hydrogen) atoms. The Labute approximate surface area is 166 Å². The van der Waals surface area contributed by atoms with Gasteiger partial charge in [-0.25, -0.2) is 4.79 Å². The quantitative estimate of drug-likeness (QED) is 0.710. The van der Waals surface area contributed by atoms with E-state index in [-0.39, 0.29) is 31.0 Å². The lowest BCUT2D eigenvalue weighted by atomic mass is 9.83. The van der Waals surface area contributed by atoms with Gasteiger partial charge in [-0.1, -0.05) is 62.4 Å². The molecular weight excluding hydrogens is 354 g/mol. The molecule has 5 nitrogen and oxygen atoms in total. The van der Waals surface area contributed by atoms with E-state index in [4.69, 9.17) is 9.47 Å². The second kappa shape index (κ2) is 8.91. The highest BCUT2D eigenvalue weighted by molar-refractivity contribution is 5.74. The molecule has 0 bridgehead atoms. The molecule has 1 unspecified atom stereocenters. The topological polar surface area (TPSA) is 55.8 Å². The average Bonchev–Trinajstić information content (AvgIpc) is 2.72. The molecule has 0 fully saturated rings. The van der Waals surface area contributed by atoms with Crippen LogP contribution in [0.25, 0.3) is 0 Å². The van der Waals surface area contributed by atoms with Crippen molar-refractivity contribution in [2.45, 2.75) is 45.3 Å². The van der Waals surface area contributed by atoms with E-state index in [2.05, 4.69) is 26.0 Å². The van der Waals surface area contributed by atoms with Crippen LogP contribution in [0.1, 0.15) is 54.5 Å². The number of benzene rings is 2. The zero-order valence-corrected chi connectivity index (χ0v) is 16.7. The first-order valence-corrected chi connectivity index (χ1v) is 9.67. The van der Waals surface area contributed by atoms with E-state index in [1.54, 1.807) is 4.90 Å². The highest BCUT2D eigenvalue weighted by Crippen LogP contribution is 2.38. The van der Waals surface area contributed by atoms with Crippen molar-refractivity contribution in [3.63, 3.8) is 0 Å². The molecule has 2 aromatic carbocycles. The van der Waals surface area contributed by atoms with Gasteiger partial charge in [-0.2, -0.15) is 0 Å². The fraction of sp³-hybridized carbons (Fsp3) is 0.391. The minimum absolute atomic E-state index is 0.119. The van der Waals surface area contributed by atoms with Crippen LogP contribution in [0.15, 0.2) is 48.5 Å². The van der Waals surface area contributed by atoms with Crippen molar-refractivity contribution in [3.8, 4) is 0 Å². The molecular formula is C23H27NO4. The van der Waals surface area contributed by atoms with E-state index in [1.165, 1.54) is 12.7 Å². The Hall–Kier alpha value is -2.82. The standard InChI is InChI=1S/C23H27NO4/c1-16(2)19-11-7-10-18-12-13-24(20(22(18)19)14-21(25)27-3)23(26)28-15-17-8-5-4-6-9-17/h4-11,16,20H,12-15H2,1-3H3. The van der Waals surface area contributed by atoms with Crippen LogP contribution < -0.4 is 0 Å². The fourth-order valence-corrected chi connectivity index (χ4v) is 3.79. The highest BCUT2D eigenvalue weighted by atomic mass is 16.6. The molecule has 5 heteroatoms. The average molecular weight is 381 g/mol. The lowest BCUT2D eigenvalue weighted by molar-refractivity contribution is -0.142. The predicted octanol–water partition coefficient (Wildman–Crippen LogP) is 4.61. The van der Waals surface area contributed by atoms with E-state index >= 15 is 0 Å². The number of ether oxygens (including phenoxy) is 2. The molecule has 0 saturated heterocycles. The summed E-state index contributed by atoms with van der Waals surface area (Å²) in [6, 6.07) is 15.4. The van der Waals surface area contributed by atoms with Crippen LogP contribution in [-0.2, 0) is 27.3 Å². The number of carbonyl (C=O) groups is 2. The highest BCUT2D eigenvalue weighted by Gasteiger charge is 2.35. The Balaban J connectivity index is 1.87. The van der Waals surface area contributed by atoms with Crippen LogP contribution in [0.3, 0.4) is 0 Å². The Morgan fingerprint density at radius 3 is 2.54 bits per heavy atom. The van der Waals surface area contributed by atoms with Gasteiger partial charge in [-0.05, 0) is 34.6 Å². The maximum absolute atomic E-state index is 12.9. The molecule has 2 aromatic rings. The fourth-order valence-electron chi connectivity index (χ4n) is 3.79. The van der Waals surface area contributed by atoms with Gasteiger partial charge in [0.2, 0.25) is 0 Å². The molecule has 0 N–H and O–H groups in total. The summed E-state index contributed by atoms with van der Waals surface area (Å²) >= 11 is 0. The first kappa shape index (κ1) is 19.9. The number of methoxy groups -OCH3 is 1. The third-order valence-corrected chi connectivity index (χ3v) is 5.21. The number of nitrogens with zero attached hydrogens (tertiary/aromatic N) is 1. The van der Waals surface area contributed by atoms with Crippen LogP contribution in [0, 0.1) is 0 Å². The minimum atomic E-state index is -0.401. The van der Waals surface area contributed by atoms with Crippen molar-refractivity contribution >= 4 is 12.1 Å². The maximum Gasteiger partial charge on any atom is 0.410 e. The van der Waals surface area contributed by atoms with Gasteiger partial charge in [-0.15, -0.1) is 0 Å². The molecule has 1 heterocycles. The summed E-state index contributed by atoms with van der Waals surface area (Å²) < 4.78 is 10.5. The molecule has 3 rings (SSSR count). The summed E-state index contributed by atoms with van der Waals surface area (Å²) in [4.78, 5) is 26.7. The van der Waals surface area contributed by atoms with Gasteiger partial charge in [0.05, 0.1) is 19.6 Å². The molecule has 1 aliphatic rings. The van der Waals surface area contributed by atoms with Gasteiger partial charge < -0.3 is 14.4 Å². The first-order valence-electron chi connectivity index (χ1n) is 9.67. The Morgan fingerprint density at radius 2 is 1.86 bits per heavy atom. The van der Waals surface area contributed by atoms with Gasteiger partial charge in [0.15, 0.2) is 0 Å². The molecule has 148 valence electrons. The van der Waals surface area contributed by atoms with Crippen molar-refractivity contribution in [3.05, 3.63) is 70.8 Å². The Kier molecular flexibility index (Phi) is 6.34. The lowest BCUT2D eigenvalue weighted by Gasteiger charge is -2.38. The third-order valence-electron chi connectivity index (χ3n) is 5.21. The van der Waals surface area contributed by atoms with E-state index in [0.29, 0.717) is 6.54 Å². The van der Waals surface area contributed by atoms with Crippen LogP contribution in [-0.4, -0.2) is 30.6 Å². The van der Waals surface area contributed by atoms with Crippen LogP contribution in [0.4, 0.5) is 4.79 Å². The molecule has 0 radical (unpaired) electrons. The molecule has 1 amide bonds. The predicted molar refractivity (Wildman–Crippen MR) is 107 cm³/mol. The summed E-state index contributed by atoms with van der Waals surface area (Å²) in [6.45, 7) is 4.97. The second-order valence-electron chi connectivity index (χ2n) is 7.35. The van der Waals surface area contributed by atoms with Crippen molar-refractivity contribution < 1.29 is 19.1 Å². The molecule has 0 saturated carbocycles. The maximum atomic E-state index is 12.9. The lowest BCUT2D eigenvalue weighted by Crippen LogP contribution is -2.42. The molecule has 0 aliphatic carbocycles. The number of carbonyl (C=O) groups excluding carboxylic acids is 2. The van der Waals surface area contributed by atoms with Crippen LogP contribution in [0.5, 0.6) is 0 Å². The van der Waals surface area contributed by atoms with E-state index in [9.17, 15) is 9.59 Å². The van der Waals surface area contributed by atoms with Gasteiger partial charge >= 0.3 is 12.1 Å². The Bertz CT molecular complexity index is 832. The van der Waals surface area contributed by atoms with Gasteiger partial charge in [0, 0.05) is 6.54 Å². The third kappa shape index (κ3) is 4.35. The van der Waals surface area contributed by atoms with Gasteiger partial charge in [0.25, 0.3) is 0 Å². The largest absolute Gasteiger partial charge is 0.469 e. The first-order chi connectivity index (χ1) is 13.5. The number of fused-ring (bicyclic) bond motifs is 1. The summed E-state index contributed by atoms with van der Waals surface area (Å²) in [5.74, 6) is -0.0485. The van der Waals surface area contributed by atoms with Crippen molar-refractivity contribution in [1.82, 2.24) is 4.90 Å². The van der Waals surface area contributed by atoms with E-state index in [0.717, 1.165) is 23.1 Å². The summed E-state index contributed by atoms with van der Waals surface area (Å²) in [7, 11) is 1.37. The van der Waals surface area contributed by atoms with E-state index < -0.39 is 6.09 Å². The van der Waals surface area contributed by atoms with Crippen molar-refractivity contribution in [2.75, 3.05) is 13.7 Å². The minimum Gasteiger partial charge on any atom is -0.469 e. The number of amides is 1. The van der Waals surface area contributed by atoms with E-state index in [1.807, 2.05) is 36.4 Å². The number of hydrogen-bond donors (Lipinski definition) is 0. The summed E-state index contributed by atoms with van der Waals surface area (Å²) in [5, 5.41) is 0. The van der Waals surface area contributed by atoms with Crippen LogP contribution in [0.2, 0.25) is 0 Å². The summed E-state index contributed by atoms with van der Waals surface area (Å²) in [5.41, 5.74) is 4.34.